The van der Waals surface area contributed by atoms with Crippen LogP contribution in [0.15, 0.2) is 45.6 Å². The highest BCUT2D eigenvalue weighted by atomic mass is 16.5. The number of amides is 1. The third-order valence-electron chi connectivity index (χ3n) is 6.53. The quantitative estimate of drug-likeness (QED) is 0.316. The van der Waals surface area contributed by atoms with Gasteiger partial charge >= 0.3 is 0 Å². The van der Waals surface area contributed by atoms with Gasteiger partial charge in [-0.1, -0.05) is 32.0 Å². The van der Waals surface area contributed by atoms with E-state index >= 15 is 0 Å². The zero-order valence-electron chi connectivity index (χ0n) is 22.2. The molecule has 0 spiro atoms. The fourth-order valence-corrected chi connectivity index (χ4v) is 4.79. The summed E-state index contributed by atoms with van der Waals surface area (Å²) in [7, 11) is 0. The normalized spacial score (nSPS) is 15.4. The Hall–Kier alpha value is -3.12. The summed E-state index contributed by atoms with van der Waals surface area (Å²) in [6, 6.07) is 11.0. The molecule has 0 saturated heterocycles. The molecule has 0 bridgehead atoms. The Morgan fingerprint density at radius 3 is 2.53 bits per heavy atom. The summed E-state index contributed by atoms with van der Waals surface area (Å²) in [6.45, 7) is 13.8. The minimum absolute atomic E-state index is 0.117. The van der Waals surface area contributed by atoms with Crippen LogP contribution in [0.5, 0.6) is 5.75 Å². The Labute approximate surface area is 213 Å². The number of rotatable bonds is 10. The molecule has 1 amide bonds. The number of nitrogens with zero attached hydrogens (tertiary/aromatic N) is 1. The molecule has 6 nitrogen and oxygen atoms in total. The van der Waals surface area contributed by atoms with Crippen LogP contribution in [-0.2, 0) is 4.74 Å². The molecule has 0 fully saturated rings. The number of hydrogen-bond donors (Lipinski definition) is 0. The maximum atomic E-state index is 13.9. The van der Waals surface area contributed by atoms with Gasteiger partial charge < -0.3 is 18.8 Å². The SMILES string of the molecule is Cc1cc(C)c2oc3c(c(=O)c2c1)C(c1cccc(OCCC(C)C)c1)N(CCCOC(C)C)C3=O. The minimum Gasteiger partial charge on any atom is -0.494 e. The summed E-state index contributed by atoms with van der Waals surface area (Å²) in [5.74, 6) is 1.15. The average molecular weight is 492 g/mol. The highest BCUT2D eigenvalue weighted by Gasteiger charge is 2.42. The summed E-state index contributed by atoms with van der Waals surface area (Å²) >= 11 is 0. The Morgan fingerprint density at radius 1 is 1.03 bits per heavy atom. The zero-order chi connectivity index (χ0) is 26.0. The third kappa shape index (κ3) is 5.34. The van der Waals surface area contributed by atoms with E-state index in [2.05, 4.69) is 13.8 Å². The van der Waals surface area contributed by atoms with Crippen molar-refractivity contribution >= 4 is 16.9 Å². The van der Waals surface area contributed by atoms with Gasteiger partial charge in [0.25, 0.3) is 5.91 Å². The minimum atomic E-state index is -0.540. The molecule has 0 radical (unpaired) electrons. The second-order valence-corrected chi connectivity index (χ2v) is 10.4. The molecule has 0 saturated carbocycles. The number of carbonyl (C=O) groups excluding carboxylic acids is 1. The van der Waals surface area contributed by atoms with Crippen LogP contribution in [0.25, 0.3) is 11.0 Å². The molecule has 4 rings (SSSR count). The number of carbonyl (C=O) groups is 1. The number of ether oxygens (including phenoxy) is 2. The van der Waals surface area contributed by atoms with Crippen molar-refractivity contribution in [3.8, 4) is 5.75 Å². The predicted molar refractivity (Wildman–Crippen MR) is 142 cm³/mol. The van der Waals surface area contributed by atoms with Gasteiger partial charge in [0.1, 0.15) is 11.3 Å². The van der Waals surface area contributed by atoms with Crippen molar-refractivity contribution in [1.29, 1.82) is 0 Å². The fourth-order valence-electron chi connectivity index (χ4n) is 4.79. The summed E-state index contributed by atoms with van der Waals surface area (Å²) in [5.41, 5.74) is 3.40. The van der Waals surface area contributed by atoms with Crippen LogP contribution in [0, 0.1) is 19.8 Å². The van der Waals surface area contributed by atoms with Crippen molar-refractivity contribution in [1.82, 2.24) is 4.90 Å². The van der Waals surface area contributed by atoms with Gasteiger partial charge in [0.15, 0.2) is 5.43 Å². The first-order valence-corrected chi connectivity index (χ1v) is 12.9. The van der Waals surface area contributed by atoms with Crippen molar-refractivity contribution in [2.75, 3.05) is 19.8 Å². The second kappa shape index (κ2) is 10.9. The third-order valence-corrected chi connectivity index (χ3v) is 6.53. The lowest BCUT2D eigenvalue weighted by Gasteiger charge is -2.25. The van der Waals surface area contributed by atoms with Crippen molar-refractivity contribution in [3.05, 3.63) is 74.6 Å². The monoisotopic (exact) mass is 491 g/mol. The van der Waals surface area contributed by atoms with Crippen molar-refractivity contribution in [2.45, 2.75) is 66.5 Å². The van der Waals surface area contributed by atoms with Gasteiger partial charge in [-0.2, -0.15) is 0 Å². The number of hydrogen-bond acceptors (Lipinski definition) is 5. The summed E-state index contributed by atoms with van der Waals surface area (Å²) in [4.78, 5) is 29.2. The van der Waals surface area contributed by atoms with E-state index in [0.29, 0.717) is 48.6 Å². The second-order valence-electron chi connectivity index (χ2n) is 10.4. The molecular formula is C30H37NO5. The first kappa shape index (κ1) is 26.0. The molecule has 1 aromatic heterocycles. The molecule has 2 heterocycles. The summed E-state index contributed by atoms with van der Waals surface area (Å²) < 4.78 is 17.9. The van der Waals surface area contributed by atoms with Crippen molar-refractivity contribution in [3.63, 3.8) is 0 Å². The number of aryl methyl sites for hydroxylation is 2. The van der Waals surface area contributed by atoms with Crippen LogP contribution in [-0.4, -0.2) is 36.7 Å². The van der Waals surface area contributed by atoms with Gasteiger partial charge in [-0.15, -0.1) is 0 Å². The van der Waals surface area contributed by atoms with Crippen LogP contribution in [0.1, 0.15) is 79.4 Å². The Bertz CT molecular complexity index is 1310. The maximum absolute atomic E-state index is 13.9. The Balaban J connectivity index is 1.78. The molecule has 0 aliphatic carbocycles. The van der Waals surface area contributed by atoms with Gasteiger partial charge in [0.2, 0.25) is 5.76 Å². The molecule has 2 aromatic carbocycles. The zero-order valence-corrected chi connectivity index (χ0v) is 22.2. The highest BCUT2D eigenvalue weighted by Crippen LogP contribution is 2.39. The van der Waals surface area contributed by atoms with Gasteiger partial charge in [-0.05, 0) is 81.3 Å². The predicted octanol–water partition coefficient (Wildman–Crippen LogP) is 6.20. The van der Waals surface area contributed by atoms with Gasteiger partial charge in [-0.25, -0.2) is 0 Å². The first-order valence-electron chi connectivity index (χ1n) is 12.9. The van der Waals surface area contributed by atoms with Crippen LogP contribution >= 0.6 is 0 Å². The fraction of sp³-hybridized carbons (Fsp3) is 0.467. The molecule has 6 heteroatoms. The standard InChI is InChI=1S/C30H37NO5/c1-18(2)11-14-35-23-10-7-9-22(17-23)26-25-27(32)24-16-20(5)15-21(6)28(24)36-29(25)30(33)31(26)12-8-13-34-19(3)4/h7,9-10,15-19,26H,8,11-14H2,1-6H3. The van der Waals surface area contributed by atoms with Crippen LogP contribution < -0.4 is 10.2 Å². The lowest BCUT2D eigenvalue weighted by Crippen LogP contribution is -2.31. The summed E-state index contributed by atoms with van der Waals surface area (Å²) in [5, 5.41) is 0.512. The van der Waals surface area contributed by atoms with Crippen molar-refractivity contribution < 1.29 is 18.7 Å². The lowest BCUT2D eigenvalue weighted by molar-refractivity contribution is 0.0593. The Morgan fingerprint density at radius 2 is 1.81 bits per heavy atom. The largest absolute Gasteiger partial charge is 0.494 e. The summed E-state index contributed by atoms with van der Waals surface area (Å²) in [6.07, 6.45) is 1.72. The first-order chi connectivity index (χ1) is 17.2. The van der Waals surface area contributed by atoms with E-state index < -0.39 is 6.04 Å². The van der Waals surface area contributed by atoms with Crippen LogP contribution in [0.2, 0.25) is 0 Å². The Kier molecular flexibility index (Phi) is 7.84. The molecular weight excluding hydrogens is 454 g/mol. The van der Waals surface area contributed by atoms with E-state index in [1.54, 1.807) is 4.90 Å². The van der Waals surface area contributed by atoms with Gasteiger partial charge in [0, 0.05) is 13.2 Å². The number of fused-ring (bicyclic) bond motifs is 2. The van der Waals surface area contributed by atoms with Crippen LogP contribution in [0.4, 0.5) is 0 Å². The molecule has 1 aliphatic heterocycles. The maximum Gasteiger partial charge on any atom is 0.290 e. The van der Waals surface area contributed by atoms with E-state index in [1.807, 2.05) is 64.1 Å². The molecule has 36 heavy (non-hydrogen) atoms. The average Bonchev–Trinajstić information content (AvgIpc) is 3.09. The van der Waals surface area contributed by atoms with E-state index in [0.717, 1.165) is 28.9 Å². The lowest BCUT2D eigenvalue weighted by atomic mass is 9.97. The number of benzene rings is 2. The molecule has 3 aromatic rings. The van der Waals surface area contributed by atoms with E-state index in [4.69, 9.17) is 13.9 Å². The smallest absolute Gasteiger partial charge is 0.290 e. The molecule has 1 aliphatic rings. The van der Waals surface area contributed by atoms with Crippen molar-refractivity contribution in [2.24, 2.45) is 5.92 Å². The highest BCUT2D eigenvalue weighted by molar-refractivity contribution is 5.99. The molecule has 192 valence electrons. The molecule has 1 unspecified atom stereocenters. The van der Waals surface area contributed by atoms with E-state index in [1.165, 1.54) is 0 Å². The molecule has 0 N–H and O–H groups in total. The van der Waals surface area contributed by atoms with Crippen LogP contribution in [0.3, 0.4) is 0 Å². The molecule has 1 atom stereocenters. The van der Waals surface area contributed by atoms with Gasteiger partial charge in [0.05, 0.1) is 29.7 Å². The topological polar surface area (TPSA) is 69.0 Å². The van der Waals surface area contributed by atoms with E-state index in [-0.39, 0.29) is 23.2 Å². The van der Waals surface area contributed by atoms with E-state index in [9.17, 15) is 9.59 Å². The van der Waals surface area contributed by atoms with Gasteiger partial charge in [-0.3, -0.25) is 9.59 Å².